The Bertz CT molecular complexity index is 1630. The zero-order valence-electron chi connectivity index (χ0n) is 29.7. The number of carbonyl (C=O) groups excluding carboxylic acids is 3. The predicted octanol–water partition coefficient (Wildman–Crippen LogP) is 5.17. The van der Waals surface area contributed by atoms with Crippen molar-refractivity contribution in [1.82, 2.24) is 25.0 Å². The Morgan fingerprint density at radius 3 is 2.09 bits per heavy atom. The molecule has 5 amide bonds. The van der Waals surface area contributed by atoms with Gasteiger partial charge < -0.3 is 31.1 Å². The molecule has 4 aliphatic rings. The van der Waals surface area contributed by atoms with Crippen LogP contribution in [0.5, 0.6) is 0 Å². The molecule has 4 aliphatic heterocycles. The molecule has 17 heteroatoms. The molecular formula is C36H47F6N8O3+. The summed E-state index contributed by atoms with van der Waals surface area (Å²) in [6.45, 7) is 4.52. The van der Waals surface area contributed by atoms with Gasteiger partial charge in [-0.05, 0) is 67.9 Å². The summed E-state index contributed by atoms with van der Waals surface area (Å²) in [6.07, 6.45) is -6.13. The van der Waals surface area contributed by atoms with Crippen LogP contribution in [0.15, 0.2) is 36.4 Å². The van der Waals surface area contributed by atoms with E-state index in [-0.39, 0.29) is 38.3 Å². The number of nitrogens with zero attached hydrogens (tertiary/aromatic N) is 5. The van der Waals surface area contributed by atoms with E-state index in [0.717, 1.165) is 48.2 Å². The summed E-state index contributed by atoms with van der Waals surface area (Å²) in [7, 11) is 2.15. The number of nitrogen functional groups attached to an aromatic ring is 1. The molecule has 4 heterocycles. The monoisotopic (exact) mass is 753 g/mol. The molecule has 0 spiro atoms. The van der Waals surface area contributed by atoms with E-state index in [1.54, 1.807) is 4.90 Å². The van der Waals surface area contributed by atoms with E-state index in [1.165, 1.54) is 9.80 Å². The highest BCUT2D eigenvalue weighted by molar-refractivity contribution is 5.91. The molecule has 0 aliphatic carbocycles. The quantitative estimate of drug-likeness (QED) is 0.214. The zero-order valence-corrected chi connectivity index (χ0v) is 29.7. The van der Waals surface area contributed by atoms with Crippen molar-refractivity contribution in [2.45, 2.75) is 69.4 Å². The molecule has 6 rings (SSSR count). The first-order chi connectivity index (χ1) is 25.0. The highest BCUT2D eigenvalue weighted by Gasteiger charge is 2.42. The van der Waals surface area contributed by atoms with Gasteiger partial charge in [0.25, 0.3) is 0 Å². The van der Waals surface area contributed by atoms with E-state index in [4.69, 9.17) is 5.73 Å². The molecule has 4 N–H and O–H groups in total. The number of nitrogens with two attached hydrogens (primary N) is 1. The summed E-state index contributed by atoms with van der Waals surface area (Å²) in [5, 5.41) is 7.90. The lowest BCUT2D eigenvalue weighted by molar-refractivity contribution is -1.02. The Morgan fingerprint density at radius 1 is 0.887 bits per heavy atom. The number of benzene rings is 2. The van der Waals surface area contributed by atoms with Crippen LogP contribution in [0.25, 0.3) is 0 Å². The van der Waals surface area contributed by atoms with Crippen LogP contribution in [0, 0.1) is 0 Å². The van der Waals surface area contributed by atoms with Gasteiger partial charge in [-0.3, -0.25) is 4.79 Å². The van der Waals surface area contributed by atoms with Crippen molar-refractivity contribution in [3.05, 3.63) is 58.7 Å². The van der Waals surface area contributed by atoms with Crippen LogP contribution in [0.1, 0.15) is 54.4 Å². The molecule has 290 valence electrons. The lowest BCUT2D eigenvalue weighted by atomic mass is 9.96. The second-order valence-corrected chi connectivity index (χ2v) is 14.7. The predicted molar refractivity (Wildman–Crippen MR) is 185 cm³/mol. The van der Waals surface area contributed by atoms with Crippen molar-refractivity contribution in [3.63, 3.8) is 0 Å². The highest BCUT2D eigenvalue weighted by atomic mass is 19.4. The standard InChI is InChI=1S/C36H46F6N8O3/c1-50(19-5-2-6-20-50)48-17-15-46(16-18-48)32(51)30(23-24-21-27(35(37,38)39)31(43)28(22-24)36(40,41)42)45-33(52)47-12-10-26(11-13-47)49-14-9-25-7-3-4-8-29(25)44-34(49)53/h3-4,7-8,21-22,26,30H,2,5-6,9-20,23,43H2,1H3,(H-,44,45,52,53)/p+1/t30-/m1/s1. The topological polar surface area (TPSA) is 114 Å². The van der Waals surface area contributed by atoms with Gasteiger partial charge in [0.05, 0.1) is 50.0 Å². The van der Waals surface area contributed by atoms with Crippen molar-refractivity contribution in [1.29, 1.82) is 0 Å². The number of piperazine rings is 1. The van der Waals surface area contributed by atoms with Gasteiger partial charge in [-0.1, -0.05) is 18.2 Å². The molecule has 0 aromatic heterocycles. The number of fused-ring (bicyclic) bond motifs is 1. The van der Waals surface area contributed by atoms with Gasteiger partial charge in [-0.2, -0.15) is 31.4 Å². The average Bonchev–Trinajstić information content (AvgIpc) is 3.29. The number of anilines is 2. The largest absolute Gasteiger partial charge is 0.418 e. The molecule has 0 bridgehead atoms. The van der Waals surface area contributed by atoms with Crippen LogP contribution >= 0.6 is 0 Å². The maximum atomic E-state index is 14.1. The minimum absolute atomic E-state index is 0.164. The second kappa shape index (κ2) is 15.2. The number of urea groups is 2. The molecule has 11 nitrogen and oxygen atoms in total. The SMILES string of the molecule is C[N+]1(N2CCN(C(=O)[C@@H](Cc3cc(C(F)(F)F)c(N)c(C(F)(F)F)c3)NC(=O)N3CCC(N4CCc5ccccc5NC4=O)CC3)CC2)CCCCC1. The first-order valence-electron chi connectivity index (χ1n) is 18.2. The summed E-state index contributed by atoms with van der Waals surface area (Å²) in [4.78, 5) is 45.6. The molecule has 2 aromatic carbocycles. The van der Waals surface area contributed by atoms with Gasteiger partial charge in [0.1, 0.15) is 6.04 Å². The zero-order chi connectivity index (χ0) is 38.1. The van der Waals surface area contributed by atoms with E-state index in [0.29, 0.717) is 51.0 Å². The number of alkyl halides is 6. The maximum absolute atomic E-state index is 14.1. The average molecular weight is 754 g/mol. The first-order valence-corrected chi connectivity index (χ1v) is 18.2. The van der Waals surface area contributed by atoms with Gasteiger partial charge in [0, 0.05) is 50.9 Å². The minimum atomic E-state index is -5.19. The molecule has 1 atom stereocenters. The number of piperidine rings is 2. The van der Waals surface area contributed by atoms with E-state index >= 15 is 0 Å². The number of rotatable bonds is 6. The molecule has 3 fully saturated rings. The third kappa shape index (κ3) is 8.61. The van der Waals surface area contributed by atoms with E-state index in [2.05, 4.69) is 22.7 Å². The van der Waals surface area contributed by atoms with E-state index in [1.807, 2.05) is 24.3 Å². The van der Waals surface area contributed by atoms with Crippen LogP contribution in [0.4, 0.5) is 47.3 Å². The Labute approximate surface area is 304 Å². The summed E-state index contributed by atoms with van der Waals surface area (Å²) in [6, 6.07) is 6.08. The third-order valence-electron chi connectivity index (χ3n) is 11.3. The fourth-order valence-corrected chi connectivity index (χ4v) is 8.19. The normalized spacial score (nSPS) is 21.0. The number of hydrogen-bond acceptors (Lipinski definition) is 5. The number of likely N-dealkylation sites (tertiary alicyclic amines) is 2. The van der Waals surface area contributed by atoms with E-state index < -0.39 is 59.1 Å². The van der Waals surface area contributed by atoms with Gasteiger partial charge in [-0.25, -0.2) is 14.2 Å². The number of nitrogens with one attached hydrogen (secondary N) is 2. The number of quaternary nitrogens is 1. The smallest absolute Gasteiger partial charge is 0.398 e. The lowest BCUT2D eigenvalue weighted by Crippen LogP contribution is -2.66. The molecule has 0 saturated carbocycles. The number of halogens is 6. The van der Waals surface area contributed by atoms with Crippen molar-refractivity contribution >= 4 is 29.3 Å². The molecule has 53 heavy (non-hydrogen) atoms. The summed E-state index contributed by atoms with van der Waals surface area (Å²) < 4.78 is 84.2. The number of amides is 5. The Hall–Kier alpha value is -4.25. The summed E-state index contributed by atoms with van der Waals surface area (Å²) >= 11 is 0. The Balaban J connectivity index is 1.17. The van der Waals surface area contributed by atoms with Crippen molar-refractivity contribution in [3.8, 4) is 0 Å². The fourth-order valence-electron chi connectivity index (χ4n) is 8.19. The number of para-hydroxylation sites is 1. The minimum Gasteiger partial charge on any atom is -0.398 e. The summed E-state index contributed by atoms with van der Waals surface area (Å²) in [5.74, 6) is -0.589. The fraction of sp³-hybridized carbons (Fsp3) is 0.583. The first kappa shape index (κ1) is 38.5. The van der Waals surface area contributed by atoms with Gasteiger partial charge in [0.2, 0.25) is 5.91 Å². The van der Waals surface area contributed by atoms with Crippen LogP contribution in [0.3, 0.4) is 0 Å². The second-order valence-electron chi connectivity index (χ2n) is 14.7. The summed E-state index contributed by atoms with van der Waals surface area (Å²) in [5.41, 5.74) is 1.95. The molecule has 0 radical (unpaired) electrons. The molecule has 3 saturated heterocycles. The van der Waals surface area contributed by atoms with Crippen molar-refractivity contribution < 1.29 is 45.3 Å². The van der Waals surface area contributed by atoms with Crippen molar-refractivity contribution in [2.75, 3.05) is 77.0 Å². The molecule has 0 unspecified atom stereocenters. The van der Waals surface area contributed by atoms with Gasteiger partial charge >= 0.3 is 24.4 Å². The van der Waals surface area contributed by atoms with Gasteiger partial charge in [0.15, 0.2) is 0 Å². The van der Waals surface area contributed by atoms with Crippen LogP contribution < -0.4 is 16.4 Å². The van der Waals surface area contributed by atoms with Crippen LogP contribution in [-0.4, -0.2) is 120 Å². The van der Waals surface area contributed by atoms with Gasteiger partial charge in [-0.15, -0.1) is 0 Å². The highest BCUT2D eigenvalue weighted by Crippen LogP contribution is 2.42. The van der Waals surface area contributed by atoms with Crippen LogP contribution in [-0.2, 0) is 30.0 Å². The number of hydrogen-bond donors (Lipinski definition) is 3. The Kier molecular flexibility index (Phi) is 11.1. The van der Waals surface area contributed by atoms with E-state index in [9.17, 15) is 40.7 Å². The molecular weight excluding hydrogens is 706 g/mol. The van der Waals surface area contributed by atoms with Crippen molar-refractivity contribution in [2.24, 2.45) is 0 Å². The lowest BCUT2D eigenvalue weighted by Gasteiger charge is -2.48. The Morgan fingerprint density at radius 2 is 1.49 bits per heavy atom. The third-order valence-corrected chi connectivity index (χ3v) is 11.3. The number of carbonyl (C=O) groups is 3. The maximum Gasteiger partial charge on any atom is 0.418 e. The molecule has 2 aromatic rings. The van der Waals surface area contributed by atoms with Crippen LogP contribution in [0.2, 0.25) is 0 Å².